The van der Waals surface area contributed by atoms with E-state index in [0.717, 1.165) is 42.6 Å². The van der Waals surface area contributed by atoms with Crippen molar-refractivity contribution in [3.05, 3.63) is 16.0 Å². The van der Waals surface area contributed by atoms with Gasteiger partial charge in [0.2, 0.25) is 0 Å². The Morgan fingerprint density at radius 1 is 1.55 bits per heavy atom. The van der Waals surface area contributed by atoms with Gasteiger partial charge in [0.25, 0.3) is 10.0 Å². The number of aryl methyl sites for hydroxylation is 1. The predicted octanol–water partition coefficient (Wildman–Crippen LogP) is 2.90. The molecule has 2 atom stereocenters. The van der Waals surface area contributed by atoms with Crippen LogP contribution in [-0.4, -0.2) is 20.5 Å². The van der Waals surface area contributed by atoms with E-state index < -0.39 is 15.6 Å². The van der Waals surface area contributed by atoms with Crippen molar-refractivity contribution in [3.63, 3.8) is 0 Å². The second kappa shape index (κ2) is 5.93. The fraction of sp³-hybridized carbons (Fsp3) is 0.692. The van der Waals surface area contributed by atoms with Crippen molar-refractivity contribution in [1.29, 1.82) is 0 Å². The van der Waals surface area contributed by atoms with Gasteiger partial charge in [0.15, 0.2) is 0 Å². The molecule has 20 heavy (non-hydrogen) atoms. The third-order valence-corrected chi connectivity index (χ3v) is 7.84. The maximum atomic E-state index is 12.6. The lowest BCUT2D eigenvalue weighted by Crippen LogP contribution is -2.58. The van der Waals surface area contributed by atoms with Crippen LogP contribution in [-0.2, 0) is 10.0 Å². The van der Waals surface area contributed by atoms with Gasteiger partial charge in [0, 0.05) is 12.1 Å². The van der Waals surface area contributed by atoms with Gasteiger partial charge in [-0.15, -0.1) is 11.3 Å². The topological polar surface area (TPSA) is 72.2 Å². The van der Waals surface area contributed by atoms with E-state index in [0.29, 0.717) is 10.9 Å². The molecule has 1 saturated carbocycles. The SMILES string of the molecule is Cc1cc(S(=O)(=O)NC2(CN)CCCCC2C)sc1Cl. The van der Waals surface area contributed by atoms with E-state index in [1.54, 1.807) is 13.0 Å². The Balaban J connectivity index is 2.30. The number of nitrogens with one attached hydrogen (secondary N) is 1. The minimum atomic E-state index is -3.56. The van der Waals surface area contributed by atoms with Gasteiger partial charge in [-0.2, -0.15) is 0 Å². The molecule has 2 rings (SSSR count). The van der Waals surface area contributed by atoms with Gasteiger partial charge < -0.3 is 5.73 Å². The van der Waals surface area contributed by atoms with Crippen LogP contribution in [0.3, 0.4) is 0 Å². The van der Waals surface area contributed by atoms with Crippen molar-refractivity contribution in [2.75, 3.05) is 6.54 Å². The Morgan fingerprint density at radius 2 is 2.25 bits per heavy atom. The summed E-state index contributed by atoms with van der Waals surface area (Å²) >= 11 is 7.07. The molecule has 0 bridgehead atoms. The molecule has 7 heteroatoms. The van der Waals surface area contributed by atoms with E-state index in [-0.39, 0.29) is 10.1 Å². The lowest BCUT2D eigenvalue weighted by Gasteiger charge is -2.42. The first-order chi connectivity index (χ1) is 9.31. The molecule has 2 unspecified atom stereocenters. The van der Waals surface area contributed by atoms with Crippen LogP contribution in [0, 0.1) is 12.8 Å². The highest BCUT2D eigenvalue weighted by Gasteiger charge is 2.41. The summed E-state index contributed by atoms with van der Waals surface area (Å²) in [5.41, 5.74) is 6.16. The Hall–Kier alpha value is -0.140. The molecule has 0 radical (unpaired) electrons. The maximum absolute atomic E-state index is 12.6. The lowest BCUT2D eigenvalue weighted by atomic mass is 9.74. The summed E-state index contributed by atoms with van der Waals surface area (Å²) in [4.78, 5) is 0. The average Bonchev–Trinajstić information content (AvgIpc) is 2.73. The van der Waals surface area contributed by atoms with Crippen LogP contribution in [0.1, 0.15) is 38.2 Å². The Labute approximate surface area is 129 Å². The van der Waals surface area contributed by atoms with Crippen molar-refractivity contribution < 1.29 is 8.42 Å². The van der Waals surface area contributed by atoms with Crippen LogP contribution in [0.15, 0.2) is 10.3 Å². The van der Waals surface area contributed by atoms with E-state index in [1.165, 1.54) is 0 Å². The van der Waals surface area contributed by atoms with Crippen LogP contribution >= 0.6 is 22.9 Å². The number of hydrogen-bond donors (Lipinski definition) is 2. The molecule has 1 aliphatic carbocycles. The molecule has 4 nitrogen and oxygen atoms in total. The summed E-state index contributed by atoms with van der Waals surface area (Å²) in [6, 6.07) is 1.62. The first-order valence-electron chi connectivity index (χ1n) is 6.81. The molecule has 0 aliphatic heterocycles. The van der Waals surface area contributed by atoms with Crippen LogP contribution in [0.2, 0.25) is 4.34 Å². The number of sulfonamides is 1. The molecular formula is C13H21ClN2O2S2. The van der Waals surface area contributed by atoms with Gasteiger partial charge >= 0.3 is 0 Å². The second-order valence-electron chi connectivity index (χ2n) is 5.63. The highest BCUT2D eigenvalue weighted by molar-refractivity contribution is 7.91. The zero-order chi connectivity index (χ0) is 15.0. The molecule has 1 aliphatic rings. The Morgan fingerprint density at radius 3 is 2.75 bits per heavy atom. The van der Waals surface area contributed by atoms with Crippen molar-refractivity contribution in [2.24, 2.45) is 11.7 Å². The van der Waals surface area contributed by atoms with Gasteiger partial charge in [0.1, 0.15) is 4.21 Å². The molecule has 0 spiro atoms. The molecule has 1 fully saturated rings. The monoisotopic (exact) mass is 336 g/mol. The number of rotatable bonds is 4. The third kappa shape index (κ3) is 3.04. The molecule has 1 aromatic heterocycles. The summed E-state index contributed by atoms with van der Waals surface area (Å²) in [6.07, 6.45) is 3.94. The molecule has 0 aromatic carbocycles. The lowest BCUT2D eigenvalue weighted by molar-refractivity contribution is 0.191. The molecule has 3 N–H and O–H groups in total. The fourth-order valence-electron chi connectivity index (χ4n) is 2.79. The van der Waals surface area contributed by atoms with Gasteiger partial charge in [-0.3, -0.25) is 0 Å². The van der Waals surface area contributed by atoms with Crippen LogP contribution < -0.4 is 10.5 Å². The molecule has 0 saturated heterocycles. The maximum Gasteiger partial charge on any atom is 0.250 e. The summed E-state index contributed by atoms with van der Waals surface area (Å²) < 4.78 is 28.8. The van der Waals surface area contributed by atoms with E-state index in [9.17, 15) is 8.42 Å². The highest BCUT2D eigenvalue weighted by Crippen LogP contribution is 2.36. The summed E-state index contributed by atoms with van der Waals surface area (Å²) in [7, 11) is -3.56. The normalized spacial score (nSPS) is 27.7. The summed E-state index contributed by atoms with van der Waals surface area (Å²) in [5, 5.41) is 0. The largest absolute Gasteiger partial charge is 0.329 e. The molecule has 1 heterocycles. The average molecular weight is 337 g/mol. The van der Waals surface area contributed by atoms with Gasteiger partial charge in [-0.25, -0.2) is 13.1 Å². The summed E-state index contributed by atoms with van der Waals surface area (Å²) in [5.74, 6) is 0.243. The zero-order valence-corrected chi connectivity index (χ0v) is 14.2. The smallest absolute Gasteiger partial charge is 0.250 e. The van der Waals surface area contributed by atoms with E-state index in [2.05, 4.69) is 11.6 Å². The van der Waals surface area contributed by atoms with Crippen molar-refractivity contribution in [3.8, 4) is 0 Å². The zero-order valence-electron chi connectivity index (χ0n) is 11.8. The quantitative estimate of drug-likeness (QED) is 0.888. The van der Waals surface area contributed by atoms with Gasteiger partial charge in [-0.1, -0.05) is 31.4 Å². The van der Waals surface area contributed by atoms with Crippen LogP contribution in [0.4, 0.5) is 0 Å². The second-order valence-corrected chi connectivity index (χ2v) is 9.20. The minimum absolute atomic E-state index is 0.243. The third-order valence-electron chi connectivity index (χ3n) is 4.25. The fourth-order valence-corrected chi connectivity index (χ4v) is 6.03. The summed E-state index contributed by atoms with van der Waals surface area (Å²) in [6.45, 7) is 4.20. The van der Waals surface area contributed by atoms with Crippen molar-refractivity contribution in [2.45, 2.75) is 49.3 Å². The predicted molar refractivity (Wildman–Crippen MR) is 83.8 cm³/mol. The van der Waals surface area contributed by atoms with Gasteiger partial charge in [0.05, 0.1) is 4.34 Å². The van der Waals surface area contributed by atoms with Crippen molar-refractivity contribution >= 4 is 33.0 Å². The first-order valence-corrected chi connectivity index (χ1v) is 9.48. The highest BCUT2D eigenvalue weighted by atomic mass is 35.5. The molecule has 1 aromatic rings. The van der Waals surface area contributed by atoms with E-state index in [1.807, 2.05) is 0 Å². The molecule has 114 valence electrons. The van der Waals surface area contributed by atoms with Crippen LogP contribution in [0.25, 0.3) is 0 Å². The molecular weight excluding hydrogens is 316 g/mol. The van der Waals surface area contributed by atoms with E-state index >= 15 is 0 Å². The van der Waals surface area contributed by atoms with Crippen LogP contribution in [0.5, 0.6) is 0 Å². The van der Waals surface area contributed by atoms with Gasteiger partial charge in [-0.05, 0) is 37.3 Å². The Kier molecular flexibility index (Phi) is 4.81. The number of hydrogen-bond acceptors (Lipinski definition) is 4. The number of thiophene rings is 1. The number of halogens is 1. The standard InChI is InChI=1S/C13H21ClN2O2S2/c1-9-7-11(19-12(9)14)20(17,18)16-13(8-15)6-4-3-5-10(13)2/h7,10,16H,3-6,8,15H2,1-2H3. The van der Waals surface area contributed by atoms with Crippen molar-refractivity contribution in [1.82, 2.24) is 4.72 Å². The van der Waals surface area contributed by atoms with E-state index in [4.69, 9.17) is 17.3 Å². The first kappa shape index (κ1) is 16.2. The molecule has 0 amide bonds. The Bertz CT molecular complexity index is 566. The number of nitrogens with two attached hydrogens (primary N) is 1. The minimum Gasteiger partial charge on any atom is -0.329 e.